The van der Waals surface area contributed by atoms with E-state index in [9.17, 15) is 0 Å². The molecule has 2 aromatic heterocycles. The molecule has 0 atom stereocenters. The van der Waals surface area contributed by atoms with Crippen molar-refractivity contribution in [2.24, 2.45) is 0 Å². The standard InChI is InChI=1S/C18H13NO2/c1-20-16-11-13(12-6-3-2-4-7-12)10-14-17-15(21-18(14)16)8-5-9-19-17/h2-11H,1H3. The van der Waals surface area contributed by atoms with Crippen LogP contribution < -0.4 is 4.74 Å². The van der Waals surface area contributed by atoms with E-state index >= 15 is 0 Å². The lowest BCUT2D eigenvalue weighted by molar-refractivity contribution is 0.412. The first-order valence-corrected chi connectivity index (χ1v) is 6.77. The van der Waals surface area contributed by atoms with Gasteiger partial charge < -0.3 is 9.15 Å². The number of aromatic nitrogens is 1. The van der Waals surface area contributed by atoms with Gasteiger partial charge in [-0.1, -0.05) is 30.3 Å². The third-order valence-electron chi connectivity index (χ3n) is 3.62. The van der Waals surface area contributed by atoms with Gasteiger partial charge in [0.2, 0.25) is 0 Å². The van der Waals surface area contributed by atoms with Gasteiger partial charge in [-0.25, -0.2) is 0 Å². The molecule has 2 aromatic carbocycles. The molecule has 21 heavy (non-hydrogen) atoms. The Hall–Kier alpha value is -2.81. The zero-order valence-corrected chi connectivity index (χ0v) is 11.5. The van der Waals surface area contributed by atoms with Gasteiger partial charge in [0, 0.05) is 6.20 Å². The maximum atomic E-state index is 5.88. The summed E-state index contributed by atoms with van der Waals surface area (Å²) in [5.74, 6) is 0.726. The first-order chi connectivity index (χ1) is 10.4. The largest absolute Gasteiger partial charge is 0.493 e. The van der Waals surface area contributed by atoms with Crippen LogP contribution in [-0.4, -0.2) is 12.1 Å². The first-order valence-electron chi connectivity index (χ1n) is 6.77. The lowest BCUT2D eigenvalue weighted by Crippen LogP contribution is -1.85. The van der Waals surface area contributed by atoms with E-state index in [1.165, 1.54) is 0 Å². The number of furan rings is 1. The van der Waals surface area contributed by atoms with E-state index in [4.69, 9.17) is 9.15 Å². The summed E-state index contributed by atoms with van der Waals surface area (Å²) in [6.07, 6.45) is 1.78. The third-order valence-corrected chi connectivity index (χ3v) is 3.62. The molecule has 4 rings (SSSR count). The summed E-state index contributed by atoms with van der Waals surface area (Å²) in [7, 11) is 1.66. The molecule has 0 aliphatic heterocycles. The predicted molar refractivity (Wildman–Crippen MR) is 83.5 cm³/mol. The maximum absolute atomic E-state index is 5.88. The van der Waals surface area contributed by atoms with Crippen molar-refractivity contribution in [3.8, 4) is 16.9 Å². The average Bonchev–Trinajstić information content (AvgIpc) is 2.93. The number of hydrogen-bond acceptors (Lipinski definition) is 3. The number of rotatable bonds is 2. The summed E-state index contributed by atoms with van der Waals surface area (Å²) >= 11 is 0. The number of hydrogen-bond donors (Lipinski definition) is 0. The van der Waals surface area contributed by atoms with Gasteiger partial charge in [0.05, 0.1) is 12.5 Å². The van der Waals surface area contributed by atoms with Gasteiger partial charge in [-0.2, -0.15) is 0 Å². The minimum atomic E-state index is 0.726. The Balaban J connectivity index is 2.08. The molecule has 0 unspecified atom stereocenters. The van der Waals surface area contributed by atoms with Crippen molar-refractivity contribution in [1.29, 1.82) is 0 Å². The molecule has 102 valence electrons. The molecule has 4 aromatic rings. The fraction of sp³-hybridized carbons (Fsp3) is 0.0556. The van der Waals surface area contributed by atoms with Crippen LogP contribution in [0.15, 0.2) is 65.2 Å². The van der Waals surface area contributed by atoms with Gasteiger partial charge in [0.15, 0.2) is 16.9 Å². The van der Waals surface area contributed by atoms with Crippen LogP contribution in [0.1, 0.15) is 0 Å². The summed E-state index contributed by atoms with van der Waals surface area (Å²) in [6.45, 7) is 0. The van der Waals surface area contributed by atoms with Crippen molar-refractivity contribution in [2.75, 3.05) is 7.11 Å². The SMILES string of the molecule is COc1cc(-c2ccccc2)cc2c1oc1cccnc12. The fourth-order valence-corrected chi connectivity index (χ4v) is 2.62. The predicted octanol–water partition coefficient (Wildman–Crippen LogP) is 4.66. The number of nitrogens with zero attached hydrogens (tertiary/aromatic N) is 1. The smallest absolute Gasteiger partial charge is 0.178 e. The van der Waals surface area contributed by atoms with Gasteiger partial charge in [-0.05, 0) is 35.4 Å². The summed E-state index contributed by atoms with van der Waals surface area (Å²) in [4.78, 5) is 4.43. The molecule has 0 N–H and O–H groups in total. The van der Waals surface area contributed by atoms with E-state index in [2.05, 4.69) is 23.2 Å². The monoisotopic (exact) mass is 275 g/mol. The third kappa shape index (κ3) is 1.86. The van der Waals surface area contributed by atoms with Gasteiger partial charge >= 0.3 is 0 Å². The second kappa shape index (κ2) is 4.63. The van der Waals surface area contributed by atoms with Crippen LogP contribution in [0.4, 0.5) is 0 Å². The van der Waals surface area contributed by atoms with Crippen molar-refractivity contribution < 1.29 is 9.15 Å². The van der Waals surface area contributed by atoms with E-state index in [1.54, 1.807) is 13.3 Å². The number of benzene rings is 2. The zero-order chi connectivity index (χ0) is 14.2. The molecule has 0 radical (unpaired) electrons. The van der Waals surface area contributed by atoms with Crippen LogP contribution in [0, 0.1) is 0 Å². The van der Waals surface area contributed by atoms with Crippen molar-refractivity contribution in [1.82, 2.24) is 4.98 Å². The normalized spacial score (nSPS) is 11.1. The fourth-order valence-electron chi connectivity index (χ4n) is 2.62. The van der Waals surface area contributed by atoms with Crippen molar-refractivity contribution in [3.63, 3.8) is 0 Å². The lowest BCUT2D eigenvalue weighted by Gasteiger charge is -2.06. The molecular weight excluding hydrogens is 262 g/mol. The Morgan fingerprint density at radius 1 is 0.952 bits per heavy atom. The van der Waals surface area contributed by atoms with E-state index in [1.807, 2.05) is 36.4 Å². The summed E-state index contributed by atoms with van der Waals surface area (Å²) in [6, 6.07) is 18.1. The number of methoxy groups -OCH3 is 1. The average molecular weight is 275 g/mol. The molecular formula is C18H13NO2. The van der Waals surface area contributed by atoms with Crippen molar-refractivity contribution >= 4 is 22.1 Å². The molecule has 0 aliphatic carbocycles. The van der Waals surface area contributed by atoms with Crippen LogP contribution >= 0.6 is 0 Å². The van der Waals surface area contributed by atoms with Gasteiger partial charge in [-0.15, -0.1) is 0 Å². The van der Waals surface area contributed by atoms with Crippen molar-refractivity contribution in [3.05, 3.63) is 60.8 Å². The Kier molecular flexibility index (Phi) is 2.64. The molecule has 0 saturated heterocycles. The number of ether oxygens (including phenoxy) is 1. The molecule has 0 saturated carbocycles. The second-order valence-corrected chi connectivity index (χ2v) is 4.87. The number of fused-ring (bicyclic) bond motifs is 3. The molecule has 0 fully saturated rings. The van der Waals surface area contributed by atoms with E-state index in [0.29, 0.717) is 0 Å². The topological polar surface area (TPSA) is 35.3 Å². The van der Waals surface area contributed by atoms with Crippen LogP contribution in [0.3, 0.4) is 0 Å². The van der Waals surface area contributed by atoms with Crippen LogP contribution in [-0.2, 0) is 0 Å². The molecule has 0 bridgehead atoms. The zero-order valence-electron chi connectivity index (χ0n) is 11.5. The summed E-state index contributed by atoms with van der Waals surface area (Å²) in [5.41, 5.74) is 4.61. The second-order valence-electron chi connectivity index (χ2n) is 4.87. The van der Waals surface area contributed by atoms with Gasteiger partial charge in [-0.3, -0.25) is 4.98 Å². The van der Waals surface area contributed by atoms with E-state index in [0.717, 1.165) is 38.9 Å². The Morgan fingerprint density at radius 3 is 2.62 bits per heavy atom. The van der Waals surface area contributed by atoms with E-state index < -0.39 is 0 Å². The minimum absolute atomic E-state index is 0.726. The van der Waals surface area contributed by atoms with Crippen LogP contribution in [0.25, 0.3) is 33.2 Å². The molecule has 2 heterocycles. The molecule has 0 amide bonds. The highest BCUT2D eigenvalue weighted by molar-refractivity contribution is 6.06. The highest BCUT2D eigenvalue weighted by Gasteiger charge is 2.14. The Morgan fingerprint density at radius 2 is 1.81 bits per heavy atom. The minimum Gasteiger partial charge on any atom is -0.493 e. The maximum Gasteiger partial charge on any atom is 0.178 e. The van der Waals surface area contributed by atoms with Gasteiger partial charge in [0.25, 0.3) is 0 Å². The van der Waals surface area contributed by atoms with Crippen LogP contribution in [0.5, 0.6) is 5.75 Å². The highest BCUT2D eigenvalue weighted by atomic mass is 16.5. The lowest BCUT2D eigenvalue weighted by atomic mass is 10.0. The first kappa shape index (κ1) is 12.0. The summed E-state index contributed by atoms with van der Waals surface area (Å²) < 4.78 is 11.4. The molecule has 3 heteroatoms. The van der Waals surface area contributed by atoms with Crippen LogP contribution in [0.2, 0.25) is 0 Å². The quantitative estimate of drug-likeness (QED) is 0.534. The van der Waals surface area contributed by atoms with Gasteiger partial charge in [0.1, 0.15) is 5.52 Å². The van der Waals surface area contributed by atoms with Crippen molar-refractivity contribution in [2.45, 2.75) is 0 Å². The molecule has 0 aliphatic rings. The summed E-state index contributed by atoms with van der Waals surface area (Å²) in [5, 5.41) is 0.976. The number of pyridine rings is 1. The Labute approximate surface area is 121 Å². The molecule has 0 spiro atoms. The Bertz CT molecular complexity index is 926. The molecule has 3 nitrogen and oxygen atoms in total. The van der Waals surface area contributed by atoms with E-state index in [-0.39, 0.29) is 0 Å². The highest BCUT2D eigenvalue weighted by Crippen LogP contribution is 2.37.